The number of hydrogen-bond acceptors (Lipinski definition) is 2. The third kappa shape index (κ3) is 3.92. The summed E-state index contributed by atoms with van der Waals surface area (Å²) in [4.78, 5) is 12.5. The van der Waals surface area contributed by atoms with Crippen LogP contribution in [0.3, 0.4) is 0 Å². The topological polar surface area (TPSA) is 63.5 Å². The Bertz CT molecular complexity index is 711. The second-order valence-corrected chi connectivity index (χ2v) is 6.36. The Balaban J connectivity index is 2.04. The zero-order valence-electron chi connectivity index (χ0n) is 14.2. The van der Waals surface area contributed by atoms with Crippen molar-refractivity contribution < 1.29 is 10.1 Å². The van der Waals surface area contributed by atoms with Crippen molar-refractivity contribution in [2.24, 2.45) is 7.05 Å². The minimum atomic E-state index is -0.236. The summed E-state index contributed by atoms with van der Waals surface area (Å²) in [7, 11) is 1.87. The Morgan fingerprint density at radius 2 is 1.96 bits per heavy atom. The van der Waals surface area contributed by atoms with Crippen LogP contribution in [0, 0.1) is 13.8 Å². The van der Waals surface area contributed by atoms with Crippen molar-refractivity contribution in [2.45, 2.75) is 39.8 Å². The van der Waals surface area contributed by atoms with Crippen LogP contribution in [-0.4, -0.2) is 21.7 Å². The lowest BCUT2D eigenvalue weighted by atomic mass is 10.1. The molecule has 2 aromatic rings. The van der Waals surface area contributed by atoms with Crippen molar-refractivity contribution in [1.82, 2.24) is 9.78 Å². The summed E-state index contributed by atoms with van der Waals surface area (Å²) in [6, 6.07) is 7.58. The molecule has 0 saturated carbocycles. The average molecular weight is 336 g/mol. The summed E-state index contributed by atoms with van der Waals surface area (Å²) in [5.41, 5.74) is 3.60. The highest BCUT2D eigenvalue weighted by molar-refractivity contribution is 6.31. The van der Waals surface area contributed by atoms with Gasteiger partial charge in [0, 0.05) is 17.6 Å². The molecule has 6 heteroatoms. The number of carbonyl (C=O) groups is 1. The van der Waals surface area contributed by atoms with Crippen LogP contribution in [0.15, 0.2) is 24.3 Å². The maximum absolute atomic E-state index is 12.5. The van der Waals surface area contributed by atoms with E-state index in [0.29, 0.717) is 0 Å². The molecule has 0 aliphatic carbocycles. The highest BCUT2D eigenvalue weighted by Gasteiger charge is 2.23. The van der Waals surface area contributed by atoms with E-state index >= 15 is 0 Å². The van der Waals surface area contributed by atoms with Gasteiger partial charge < -0.3 is 10.6 Å². The number of nitrogens with zero attached hydrogens (tertiary/aromatic N) is 2. The van der Waals surface area contributed by atoms with Gasteiger partial charge in [-0.1, -0.05) is 29.8 Å². The molecule has 1 amide bonds. The van der Waals surface area contributed by atoms with Gasteiger partial charge in [0.2, 0.25) is 0 Å². The third-order valence-corrected chi connectivity index (χ3v) is 4.49. The summed E-state index contributed by atoms with van der Waals surface area (Å²) >= 11 is 6.22. The van der Waals surface area contributed by atoms with Gasteiger partial charge in [0.1, 0.15) is 6.04 Å². The minimum Gasteiger partial charge on any atom is -0.330 e. The SMILES string of the molecule is Cc1nn(C)c(C)c1NC(=O)[C@H](C)[NH2+][C@@H](C)c1ccccc1Cl. The highest BCUT2D eigenvalue weighted by Crippen LogP contribution is 2.20. The Kier molecular flexibility index (Phi) is 5.44. The summed E-state index contributed by atoms with van der Waals surface area (Å²) in [5.74, 6) is -0.0388. The van der Waals surface area contributed by atoms with Gasteiger partial charge in [-0.25, -0.2) is 0 Å². The quantitative estimate of drug-likeness (QED) is 0.881. The molecule has 0 spiro atoms. The molecule has 0 fully saturated rings. The van der Waals surface area contributed by atoms with Crippen molar-refractivity contribution in [1.29, 1.82) is 0 Å². The molecule has 3 N–H and O–H groups in total. The van der Waals surface area contributed by atoms with E-state index in [9.17, 15) is 4.79 Å². The summed E-state index contributed by atoms with van der Waals surface area (Å²) in [6.45, 7) is 7.77. The number of aryl methyl sites for hydroxylation is 2. The summed E-state index contributed by atoms with van der Waals surface area (Å²) in [5, 5.41) is 10.0. The van der Waals surface area contributed by atoms with Gasteiger partial charge in [-0.15, -0.1) is 0 Å². The van der Waals surface area contributed by atoms with E-state index < -0.39 is 0 Å². The minimum absolute atomic E-state index is 0.0388. The zero-order chi connectivity index (χ0) is 17.1. The van der Waals surface area contributed by atoms with Gasteiger partial charge in [-0.3, -0.25) is 9.48 Å². The van der Waals surface area contributed by atoms with Crippen LogP contribution >= 0.6 is 11.6 Å². The number of halogens is 1. The Morgan fingerprint density at radius 3 is 2.52 bits per heavy atom. The van der Waals surface area contributed by atoms with Gasteiger partial charge >= 0.3 is 0 Å². The van der Waals surface area contributed by atoms with E-state index in [1.54, 1.807) is 4.68 Å². The predicted molar refractivity (Wildman–Crippen MR) is 92.6 cm³/mol. The first kappa shape index (κ1) is 17.5. The molecular formula is C17H24ClN4O+. The molecule has 5 nitrogen and oxygen atoms in total. The molecule has 0 saturated heterocycles. The molecule has 0 aliphatic heterocycles. The molecule has 1 aromatic heterocycles. The van der Waals surface area contributed by atoms with Crippen molar-refractivity contribution in [3.05, 3.63) is 46.2 Å². The molecule has 0 aliphatic rings. The van der Waals surface area contributed by atoms with Crippen LogP contribution in [-0.2, 0) is 11.8 Å². The molecule has 1 aromatic carbocycles. The number of quaternary nitrogens is 1. The third-order valence-electron chi connectivity index (χ3n) is 4.14. The maximum Gasteiger partial charge on any atom is 0.282 e. The Labute approximate surface area is 142 Å². The molecular weight excluding hydrogens is 312 g/mol. The van der Waals surface area contributed by atoms with Crippen molar-refractivity contribution >= 4 is 23.2 Å². The number of aromatic nitrogens is 2. The molecule has 2 atom stereocenters. The smallest absolute Gasteiger partial charge is 0.282 e. The monoisotopic (exact) mass is 335 g/mol. The largest absolute Gasteiger partial charge is 0.330 e. The lowest BCUT2D eigenvalue weighted by Gasteiger charge is -2.17. The standard InChI is InChI=1S/C17H23ClN4O/c1-10(14-8-6-7-9-15(14)18)19-12(3)17(23)20-16-11(2)21-22(5)13(16)4/h6-10,12,19H,1-5H3,(H,20,23)/p+1/t10-,12-/m0/s1. The van der Waals surface area contributed by atoms with E-state index in [0.717, 1.165) is 27.7 Å². The number of nitrogens with one attached hydrogen (secondary N) is 1. The zero-order valence-corrected chi connectivity index (χ0v) is 15.0. The first-order valence-electron chi connectivity index (χ1n) is 7.71. The van der Waals surface area contributed by atoms with Crippen LogP contribution in [0.1, 0.15) is 36.8 Å². The summed E-state index contributed by atoms with van der Waals surface area (Å²) in [6.07, 6.45) is 0. The molecule has 1 heterocycles. The molecule has 0 radical (unpaired) electrons. The van der Waals surface area contributed by atoms with Gasteiger partial charge in [0.05, 0.1) is 17.1 Å². The highest BCUT2D eigenvalue weighted by atomic mass is 35.5. The van der Waals surface area contributed by atoms with Crippen LogP contribution < -0.4 is 10.6 Å². The number of rotatable bonds is 5. The fourth-order valence-corrected chi connectivity index (χ4v) is 2.97. The molecule has 0 unspecified atom stereocenters. The van der Waals surface area contributed by atoms with Crippen LogP contribution in [0.2, 0.25) is 5.02 Å². The van der Waals surface area contributed by atoms with E-state index in [2.05, 4.69) is 10.4 Å². The van der Waals surface area contributed by atoms with E-state index in [1.807, 2.05) is 64.3 Å². The molecule has 23 heavy (non-hydrogen) atoms. The number of hydrogen-bond donors (Lipinski definition) is 2. The van der Waals surface area contributed by atoms with Gasteiger partial charge in [-0.05, 0) is 33.8 Å². The van der Waals surface area contributed by atoms with Gasteiger partial charge in [0.25, 0.3) is 5.91 Å². The normalized spacial score (nSPS) is 13.7. The number of nitrogens with two attached hydrogens (primary N) is 1. The second kappa shape index (κ2) is 7.15. The second-order valence-electron chi connectivity index (χ2n) is 5.95. The number of benzene rings is 1. The van der Waals surface area contributed by atoms with Crippen molar-refractivity contribution in [3.8, 4) is 0 Å². The fraction of sp³-hybridized carbons (Fsp3) is 0.412. The first-order chi connectivity index (χ1) is 10.8. The molecule has 2 rings (SSSR count). The van der Waals surface area contributed by atoms with Crippen LogP contribution in [0.5, 0.6) is 0 Å². The van der Waals surface area contributed by atoms with E-state index in [1.165, 1.54) is 0 Å². The Hall–Kier alpha value is -1.85. The van der Waals surface area contributed by atoms with Gasteiger partial charge in [0.15, 0.2) is 6.04 Å². The van der Waals surface area contributed by atoms with E-state index in [4.69, 9.17) is 11.6 Å². The predicted octanol–water partition coefficient (Wildman–Crippen LogP) is 2.34. The van der Waals surface area contributed by atoms with Crippen LogP contribution in [0.25, 0.3) is 0 Å². The fourth-order valence-electron chi connectivity index (χ4n) is 2.66. The lowest BCUT2D eigenvalue weighted by molar-refractivity contribution is -0.709. The summed E-state index contributed by atoms with van der Waals surface area (Å²) < 4.78 is 1.77. The van der Waals surface area contributed by atoms with Crippen molar-refractivity contribution in [3.63, 3.8) is 0 Å². The Morgan fingerprint density at radius 1 is 1.30 bits per heavy atom. The molecule has 124 valence electrons. The number of amides is 1. The van der Waals surface area contributed by atoms with Crippen LogP contribution in [0.4, 0.5) is 5.69 Å². The first-order valence-corrected chi connectivity index (χ1v) is 8.09. The number of anilines is 1. The number of carbonyl (C=O) groups excluding carboxylic acids is 1. The van der Waals surface area contributed by atoms with E-state index in [-0.39, 0.29) is 18.0 Å². The molecule has 0 bridgehead atoms. The van der Waals surface area contributed by atoms with Crippen molar-refractivity contribution in [2.75, 3.05) is 5.32 Å². The lowest BCUT2D eigenvalue weighted by Crippen LogP contribution is -2.91. The van der Waals surface area contributed by atoms with Gasteiger partial charge in [-0.2, -0.15) is 5.10 Å². The average Bonchev–Trinajstić information content (AvgIpc) is 2.73. The maximum atomic E-state index is 12.5.